The molecule has 70 valence electrons. The molecular weight excluding hydrogens is 180 g/mol. The molecule has 1 aromatic heterocycles. The van der Waals surface area contributed by atoms with Gasteiger partial charge in [-0.3, -0.25) is 4.79 Å². The fourth-order valence-corrected chi connectivity index (χ4v) is 5.80. The van der Waals surface area contributed by atoms with Crippen molar-refractivity contribution in [1.82, 2.24) is 0 Å². The van der Waals surface area contributed by atoms with Gasteiger partial charge in [0.15, 0.2) is 12.0 Å². The fraction of sp³-hybridized carbons (Fsp3) is 0.500. The molecular formula is C10H14O2Si. The fourth-order valence-electron chi connectivity index (χ4n) is 2.14. The van der Waals surface area contributed by atoms with E-state index in [0.29, 0.717) is 5.76 Å². The average Bonchev–Trinajstić information content (AvgIpc) is 2.72. The van der Waals surface area contributed by atoms with Crippen molar-refractivity contribution in [3.63, 3.8) is 0 Å². The summed E-state index contributed by atoms with van der Waals surface area (Å²) in [6.07, 6.45) is 3.45. The predicted molar refractivity (Wildman–Crippen MR) is 54.2 cm³/mol. The minimum absolute atomic E-state index is 0.482. The highest BCUT2D eigenvalue weighted by Crippen LogP contribution is 2.29. The van der Waals surface area contributed by atoms with E-state index < -0.39 is 8.07 Å². The predicted octanol–water partition coefficient (Wildman–Crippen LogP) is 2.17. The molecule has 0 radical (unpaired) electrons. The lowest BCUT2D eigenvalue weighted by atomic mass is 10.4. The van der Waals surface area contributed by atoms with Gasteiger partial charge in [-0.25, -0.2) is 0 Å². The van der Waals surface area contributed by atoms with Gasteiger partial charge in [-0.15, -0.1) is 0 Å². The van der Waals surface area contributed by atoms with Crippen LogP contribution in [-0.2, 0) is 0 Å². The maximum Gasteiger partial charge on any atom is 0.185 e. The highest BCUT2D eigenvalue weighted by molar-refractivity contribution is 6.90. The van der Waals surface area contributed by atoms with Crippen LogP contribution in [0, 0.1) is 0 Å². The first-order valence-corrected chi connectivity index (χ1v) is 7.71. The minimum Gasteiger partial charge on any atom is -0.463 e. The third-order valence-electron chi connectivity index (χ3n) is 3.04. The van der Waals surface area contributed by atoms with Gasteiger partial charge in [-0.2, -0.15) is 0 Å². The van der Waals surface area contributed by atoms with E-state index in [2.05, 4.69) is 6.55 Å². The van der Waals surface area contributed by atoms with Gasteiger partial charge >= 0.3 is 0 Å². The number of hydrogen-bond donors (Lipinski definition) is 0. The molecule has 1 aromatic rings. The van der Waals surface area contributed by atoms with E-state index in [0.717, 1.165) is 11.7 Å². The summed E-state index contributed by atoms with van der Waals surface area (Å²) in [6.45, 7) is 2.35. The molecule has 3 heteroatoms. The Balaban J connectivity index is 2.28. The molecule has 0 aromatic carbocycles. The molecule has 0 unspecified atom stereocenters. The zero-order valence-electron chi connectivity index (χ0n) is 7.88. The van der Waals surface area contributed by atoms with E-state index in [1.165, 1.54) is 24.9 Å². The molecule has 2 nitrogen and oxygen atoms in total. The van der Waals surface area contributed by atoms with E-state index in [4.69, 9.17) is 4.42 Å². The quantitative estimate of drug-likeness (QED) is 0.533. The van der Waals surface area contributed by atoms with Crippen molar-refractivity contribution < 1.29 is 9.21 Å². The van der Waals surface area contributed by atoms with Crippen molar-refractivity contribution in [3.8, 4) is 0 Å². The van der Waals surface area contributed by atoms with Crippen molar-refractivity contribution in [2.75, 3.05) is 0 Å². The Bertz CT molecular complexity index is 310. The van der Waals surface area contributed by atoms with E-state index in [1.807, 2.05) is 6.07 Å². The van der Waals surface area contributed by atoms with E-state index in [9.17, 15) is 4.79 Å². The number of carbonyl (C=O) groups excluding carboxylic acids is 1. The highest BCUT2D eigenvalue weighted by Gasteiger charge is 2.36. The van der Waals surface area contributed by atoms with Crippen LogP contribution in [0.15, 0.2) is 16.5 Å². The Morgan fingerprint density at radius 1 is 1.38 bits per heavy atom. The lowest BCUT2D eigenvalue weighted by molar-refractivity contribution is 0.110. The van der Waals surface area contributed by atoms with Crippen molar-refractivity contribution in [2.24, 2.45) is 0 Å². The molecule has 13 heavy (non-hydrogen) atoms. The van der Waals surface area contributed by atoms with Crippen LogP contribution in [-0.4, -0.2) is 14.4 Å². The number of furan rings is 1. The molecule has 1 aliphatic rings. The number of rotatable bonds is 2. The van der Waals surface area contributed by atoms with Gasteiger partial charge in [-0.1, -0.05) is 31.5 Å². The molecule has 0 bridgehead atoms. The summed E-state index contributed by atoms with van der Waals surface area (Å²) in [5, 5.41) is 1.12. The van der Waals surface area contributed by atoms with Gasteiger partial charge in [0.2, 0.25) is 0 Å². The van der Waals surface area contributed by atoms with Crippen molar-refractivity contribution in [2.45, 2.75) is 31.5 Å². The maximum atomic E-state index is 10.5. The summed E-state index contributed by atoms with van der Waals surface area (Å²) in [5.41, 5.74) is 0. The van der Waals surface area contributed by atoms with Gasteiger partial charge in [0.05, 0.1) is 5.38 Å². The lowest BCUT2D eigenvalue weighted by Gasteiger charge is -2.16. The van der Waals surface area contributed by atoms with Crippen LogP contribution in [0.25, 0.3) is 0 Å². The van der Waals surface area contributed by atoms with E-state index in [1.54, 1.807) is 6.07 Å². The Morgan fingerprint density at radius 3 is 2.62 bits per heavy atom. The average molecular weight is 194 g/mol. The van der Waals surface area contributed by atoms with Crippen LogP contribution >= 0.6 is 0 Å². The van der Waals surface area contributed by atoms with Crippen LogP contribution in [0.1, 0.15) is 23.4 Å². The summed E-state index contributed by atoms with van der Waals surface area (Å²) in [6, 6.07) is 6.43. The van der Waals surface area contributed by atoms with Gasteiger partial charge in [-0.05, 0) is 12.1 Å². The van der Waals surface area contributed by atoms with Crippen LogP contribution in [0.2, 0.25) is 18.6 Å². The van der Waals surface area contributed by atoms with E-state index in [-0.39, 0.29) is 0 Å². The second-order valence-electron chi connectivity index (χ2n) is 4.09. The largest absolute Gasteiger partial charge is 0.463 e. The highest BCUT2D eigenvalue weighted by atomic mass is 28.3. The van der Waals surface area contributed by atoms with Crippen molar-refractivity contribution >= 4 is 19.7 Å². The molecule has 0 atom stereocenters. The lowest BCUT2D eigenvalue weighted by Crippen LogP contribution is -2.40. The zero-order chi connectivity index (χ0) is 9.31. The molecule has 2 heterocycles. The topological polar surface area (TPSA) is 30.2 Å². The third kappa shape index (κ3) is 1.48. The molecule has 0 N–H and O–H groups in total. The first-order chi connectivity index (χ1) is 6.24. The summed E-state index contributed by atoms with van der Waals surface area (Å²) in [4.78, 5) is 10.5. The summed E-state index contributed by atoms with van der Waals surface area (Å²) < 4.78 is 5.51. The first kappa shape index (κ1) is 8.75. The molecule has 0 amide bonds. The molecule has 0 saturated carbocycles. The summed E-state index contributed by atoms with van der Waals surface area (Å²) in [5.74, 6) is 0.482. The Morgan fingerprint density at radius 2 is 2.08 bits per heavy atom. The monoisotopic (exact) mass is 194 g/mol. The smallest absolute Gasteiger partial charge is 0.185 e. The first-order valence-electron chi connectivity index (χ1n) is 4.80. The van der Waals surface area contributed by atoms with Gasteiger partial charge in [0.1, 0.15) is 8.07 Å². The maximum absolute atomic E-state index is 10.5. The number of hydrogen-bond acceptors (Lipinski definition) is 2. The van der Waals surface area contributed by atoms with Gasteiger partial charge in [0.25, 0.3) is 0 Å². The van der Waals surface area contributed by atoms with Crippen molar-refractivity contribution in [3.05, 3.63) is 17.9 Å². The van der Waals surface area contributed by atoms with Crippen LogP contribution < -0.4 is 5.38 Å². The molecule has 2 rings (SSSR count). The van der Waals surface area contributed by atoms with Crippen LogP contribution in [0.5, 0.6) is 0 Å². The molecule has 0 spiro atoms. The normalized spacial score (nSPS) is 20.4. The second-order valence-corrected chi connectivity index (χ2v) is 8.70. The minimum atomic E-state index is -1.28. The summed E-state index contributed by atoms with van der Waals surface area (Å²) in [7, 11) is -1.28. The number of aldehydes is 1. The van der Waals surface area contributed by atoms with Gasteiger partial charge < -0.3 is 4.42 Å². The summed E-state index contributed by atoms with van der Waals surface area (Å²) >= 11 is 0. The van der Waals surface area contributed by atoms with Crippen LogP contribution in [0.3, 0.4) is 0 Å². The third-order valence-corrected chi connectivity index (χ3v) is 7.42. The zero-order valence-corrected chi connectivity index (χ0v) is 8.88. The standard InChI is InChI=1S/C10H14O2Si/c1-13(6-2-3-7-13)10-5-4-9(8-11)12-10/h4-5,8H,2-3,6-7H2,1H3. The van der Waals surface area contributed by atoms with E-state index >= 15 is 0 Å². The van der Waals surface area contributed by atoms with Crippen molar-refractivity contribution in [1.29, 1.82) is 0 Å². The second kappa shape index (κ2) is 3.14. The Hall–Kier alpha value is -0.833. The molecule has 0 aliphatic carbocycles. The SMILES string of the molecule is C[Si]1(c2ccc(C=O)o2)CCCC1. The molecule has 1 fully saturated rings. The number of carbonyl (C=O) groups is 1. The van der Waals surface area contributed by atoms with Crippen LogP contribution in [0.4, 0.5) is 0 Å². The Labute approximate surface area is 79.0 Å². The molecule has 1 aliphatic heterocycles. The van der Waals surface area contributed by atoms with Gasteiger partial charge in [0, 0.05) is 0 Å². The Kier molecular flexibility index (Phi) is 2.12. The molecule has 1 saturated heterocycles.